The second kappa shape index (κ2) is 10.1. The Kier molecular flexibility index (Phi) is 7.31. The van der Waals surface area contributed by atoms with Crippen LogP contribution in [0.5, 0.6) is 11.5 Å². The van der Waals surface area contributed by atoms with Crippen molar-refractivity contribution in [2.75, 3.05) is 23.6 Å². The summed E-state index contributed by atoms with van der Waals surface area (Å²) in [7, 11) is 0. The van der Waals surface area contributed by atoms with E-state index < -0.39 is 11.7 Å². The van der Waals surface area contributed by atoms with Gasteiger partial charge in [-0.2, -0.15) is 0 Å². The van der Waals surface area contributed by atoms with Crippen molar-refractivity contribution in [3.8, 4) is 11.5 Å². The van der Waals surface area contributed by atoms with Crippen molar-refractivity contribution in [1.29, 1.82) is 0 Å². The lowest BCUT2D eigenvalue weighted by Crippen LogP contribution is -2.43. The zero-order chi connectivity index (χ0) is 24.5. The monoisotopic (exact) mass is 540 g/mol. The van der Waals surface area contributed by atoms with E-state index in [-0.39, 0.29) is 48.4 Å². The Bertz CT molecular complexity index is 1050. The van der Waals surface area contributed by atoms with Crippen LogP contribution >= 0.6 is 15.9 Å². The quantitative estimate of drug-likeness (QED) is 0.433. The zero-order valence-corrected chi connectivity index (χ0v) is 20.8. The zero-order valence-electron chi connectivity index (χ0n) is 19.2. The molecule has 1 aliphatic heterocycles. The van der Waals surface area contributed by atoms with E-state index in [1.165, 1.54) is 12.1 Å². The van der Waals surface area contributed by atoms with Gasteiger partial charge in [-0.3, -0.25) is 4.79 Å². The fraction of sp³-hybridized carbons (Fsp3) is 0.480. The smallest absolute Gasteiger partial charge is 0.248 e. The highest BCUT2D eigenvalue weighted by Crippen LogP contribution is 2.40. The molecule has 2 aromatic carbocycles. The summed E-state index contributed by atoms with van der Waals surface area (Å²) in [5, 5.41) is 2.91. The molecule has 2 aliphatic rings. The van der Waals surface area contributed by atoms with Gasteiger partial charge in [0.05, 0.1) is 22.3 Å². The van der Waals surface area contributed by atoms with Crippen LogP contribution in [0, 0.1) is 11.7 Å². The summed E-state index contributed by atoms with van der Waals surface area (Å²) in [4.78, 5) is 14.9. The van der Waals surface area contributed by atoms with Gasteiger partial charge in [0.2, 0.25) is 18.6 Å². The van der Waals surface area contributed by atoms with Gasteiger partial charge in [0, 0.05) is 31.5 Å². The Hall–Kier alpha value is -2.42. The number of carbonyl (C=O) groups is 1. The molecule has 1 heterocycles. The molecule has 1 saturated carbocycles. The average molecular weight is 541 g/mol. The second-order valence-corrected chi connectivity index (χ2v) is 10.2. The Morgan fingerprint density at radius 3 is 2.59 bits per heavy atom. The summed E-state index contributed by atoms with van der Waals surface area (Å²) in [5.74, 6) is -1.97. The van der Waals surface area contributed by atoms with E-state index in [0.29, 0.717) is 42.3 Å². The predicted octanol–water partition coefficient (Wildman–Crippen LogP) is 6.54. The van der Waals surface area contributed by atoms with Gasteiger partial charge in [-0.15, -0.1) is 0 Å². The topological polar surface area (TPSA) is 50.8 Å². The van der Waals surface area contributed by atoms with Gasteiger partial charge in [-0.05, 0) is 58.5 Å². The molecule has 2 aromatic rings. The van der Waals surface area contributed by atoms with E-state index in [1.54, 1.807) is 18.2 Å². The lowest BCUT2D eigenvalue weighted by molar-refractivity contribution is -0.115. The number of amides is 1. The maximum atomic E-state index is 14.6. The lowest BCUT2D eigenvalue weighted by Gasteiger charge is -2.40. The lowest BCUT2D eigenvalue weighted by atomic mass is 9.90. The highest BCUT2D eigenvalue weighted by atomic mass is 79.9. The molecule has 0 radical (unpaired) electrons. The summed E-state index contributed by atoms with van der Waals surface area (Å²) in [6.45, 7) is 4.76. The first kappa shape index (κ1) is 24.7. The molecule has 9 heteroatoms. The first-order chi connectivity index (χ1) is 16.1. The number of alkyl halides is 2. The molecule has 1 fully saturated rings. The van der Waals surface area contributed by atoms with Gasteiger partial charge in [0.1, 0.15) is 5.82 Å². The molecule has 1 aliphatic carbocycles. The molecule has 184 valence electrons. The average Bonchev–Trinajstić information content (AvgIpc) is 3.22. The van der Waals surface area contributed by atoms with Crippen LogP contribution in [0.4, 0.5) is 24.5 Å². The molecule has 4 rings (SSSR count). The summed E-state index contributed by atoms with van der Waals surface area (Å²) < 4.78 is 53.1. The number of anilines is 2. The largest absolute Gasteiger partial charge is 0.454 e. The fourth-order valence-electron chi connectivity index (χ4n) is 4.48. The fourth-order valence-corrected chi connectivity index (χ4v) is 4.82. The van der Waals surface area contributed by atoms with E-state index in [9.17, 15) is 18.0 Å². The first-order valence-electron chi connectivity index (χ1n) is 11.4. The van der Waals surface area contributed by atoms with Crippen LogP contribution in [-0.2, 0) is 11.2 Å². The van der Waals surface area contributed by atoms with E-state index in [4.69, 9.17) is 9.47 Å². The number of ether oxygens (including phenoxy) is 2. The first-order valence-corrected chi connectivity index (χ1v) is 12.2. The van der Waals surface area contributed by atoms with Gasteiger partial charge < -0.3 is 19.7 Å². The van der Waals surface area contributed by atoms with E-state index in [1.807, 2.05) is 18.7 Å². The molecule has 0 bridgehead atoms. The molecule has 34 heavy (non-hydrogen) atoms. The molecule has 0 atom stereocenters. The van der Waals surface area contributed by atoms with Crippen molar-refractivity contribution in [3.05, 3.63) is 46.2 Å². The standard InChI is InChI=1S/C25H28BrF3N2O3/c1-15(2)13-31(17-5-7-25(28,29)8-6-17)21-12-19(27)18(26)11-20(21)30-24(32)10-16-3-4-22-23(9-16)34-14-33-22/h3-4,9,11-12,15,17H,5-8,10,13-14H2,1-2H3,(H,30,32). The van der Waals surface area contributed by atoms with Crippen LogP contribution in [0.2, 0.25) is 0 Å². The Morgan fingerprint density at radius 2 is 1.88 bits per heavy atom. The number of carbonyl (C=O) groups excluding carboxylic acids is 1. The second-order valence-electron chi connectivity index (χ2n) is 9.33. The minimum Gasteiger partial charge on any atom is -0.454 e. The number of fused-ring (bicyclic) bond motifs is 1. The third kappa shape index (κ3) is 5.79. The maximum Gasteiger partial charge on any atom is 0.248 e. The molecular formula is C25H28BrF3N2O3. The number of halogens is 4. The summed E-state index contributed by atoms with van der Waals surface area (Å²) in [6.07, 6.45) is 0.309. The molecular weight excluding hydrogens is 513 g/mol. The summed E-state index contributed by atoms with van der Waals surface area (Å²) in [6, 6.07) is 8.06. The molecule has 1 N–H and O–H groups in total. The van der Waals surface area contributed by atoms with Gasteiger partial charge in [-0.1, -0.05) is 19.9 Å². The Balaban J connectivity index is 1.58. The molecule has 5 nitrogen and oxygen atoms in total. The van der Waals surface area contributed by atoms with Gasteiger partial charge in [0.25, 0.3) is 0 Å². The number of hydrogen-bond donors (Lipinski definition) is 1. The van der Waals surface area contributed by atoms with Crippen LogP contribution < -0.4 is 19.7 Å². The highest BCUT2D eigenvalue weighted by Gasteiger charge is 2.37. The number of nitrogens with one attached hydrogen (secondary N) is 1. The third-order valence-electron chi connectivity index (χ3n) is 6.11. The van der Waals surface area contributed by atoms with E-state index in [0.717, 1.165) is 5.56 Å². The third-order valence-corrected chi connectivity index (χ3v) is 6.72. The SMILES string of the molecule is CC(C)CN(c1cc(F)c(Br)cc1NC(=O)Cc1ccc2c(c1)OCO2)C1CCC(F)(F)CC1. The molecule has 1 amide bonds. The van der Waals surface area contributed by atoms with Crippen molar-refractivity contribution >= 4 is 33.2 Å². The predicted molar refractivity (Wildman–Crippen MR) is 128 cm³/mol. The number of nitrogens with zero attached hydrogens (tertiary/aromatic N) is 1. The Morgan fingerprint density at radius 1 is 1.18 bits per heavy atom. The van der Waals surface area contributed by atoms with Crippen LogP contribution in [-0.4, -0.2) is 31.2 Å². The maximum absolute atomic E-state index is 14.6. The highest BCUT2D eigenvalue weighted by molar-refractivity contribution is 9.10. The summed E-state index contributed by atoms with van der Waals surface area (Å²) in [5.41, 5.74) is 1.69. The normalized spacial score (nSPS) is 17.1. The van der Waals surface area contributed by atoms with Crippen molar-refractivity contribution in [1.82, 2.24) is 0 Å². The molecule has 0 saturated heterocycles. The van der Waals surface area contributed by atoms with Crippen LogP contribution in [0.25, 0.3) is 0 Å². The minimum absolute atomic E-state index is 0.0882. The van der Waals surface area contributed by atoms with Crippen molar-refractivity contribution in [2.45, 2.75) is 57.9 Å². The van der Waals surface area contributed by atoms with Crippen LogP contribution in [0.3, 0.4) is 0 Å². The Labute approximate surface area is 205 Å². The molecule has 0 unspecified atom stereocenters. The van der Waals surface area contributed by atoms with E-state index >= 15 is 0 Å². The van der Waals surface area contributed by atoms with E-state index in [2.05, 4.69) is 21.2 Å². The van der Waals surface area contributed by atoms with Crippen molar-refractivity contribution < 1.29 is 27.4 Å². The minimum atomic E-state index is -2.66. The van der Waals surface area contributed by atoms with Crippen LogP contribution in [0.15, 0.2) is 34.8 Å². The van der Waals surface area contributed by atoms with Gasteiger partial charge in [0.15, 0.2) is 11.5 Å². The molecule has 0 aromatic heterocycles. The van der Waals surface area contributed by atoms with Crippen LogP contribution in [0.1, 0.15) is 45.1 Å². The number of hydrogen-bond acceptors (Lipinski definition) is 4. The molecule has 0 spiro atoms. The van der Waals surface area contributed by atoms with Gasteiger partial charge in [-0.25, -0.2) is 13.2 Å². The number of rotatable bonds is 7. The number of benzene rings is 2. The van der Waals surface area contributed by atoms with Crippen molar-refractivity contribution in [3.63, 3.8) is 0 Å². The van der Waals surface area contributed by atoms with Gasteiger partial charge >= 0.3 is 0 Å². The summed E-state index contributed by atoms with van der Waals surface area (Å²) >= 11 is 3.21. The van der Waals surface area contributed by atoms with Crippen molar-refractivity contribution in [2.24, 2.45) is 5.92 Å².